The first-order valence-electron chi connectivity index (χ1n) is 8.40. The third kappa shape index (κ3) is 3.90. The van der Waals surface area contributed by atoms with E-state index in [1.54, 1.807) is 7.11 Å². The second-order valence-corrected chi connectivity index (χ2v) is 7.16. The number of rotatable bonds is 5. The van der Waals surface area contributed by atoms with Gasteiger partial charge in [-0.15, -0.1) is 0 Å². The van der Waals surface area contributed by atoms with Gasteiger partial charge in [0, 0.05) is 12.0 Å². The van der Waals surface area contributed by atoms with Crippen LogP contribution in [0.3, 0.4) is 0 Å². The summed E-state index contributed by atoms with van der Waals surface area (Å²) < 4.78 is 5.21. The van der Waals surface area contributed by atoms with Crippen LogP contribution in [-0.4, -0.2) is 19.7 Å². The van der Waals surface area contributed by atoms with E-state index in [1.807, 2.05) is 38.1 Å². The molecule has 2 aromatic rings. The van der Waals surface area contributed by atoms with Gasteiger partial charge in [-0.05, 0) is 61.6 Å². The Bertz CT molecular complexity index is 760. The van der Waals surface area contributed by atoms with Gasteiger partial charge in [0.15, 0.2) is 0 Å². The number of methoxy groups -OCH3 is 1. The van der Waals surface area contributed by atoms with Crippen LogP contribution in [-0.2, 0) is 5.41 Å². The molecule has 0 aromatic heterocycles. The van der Waals surface area contributed by atoms with E-state index < -0.39 is 0 Å². The van der Waals surface area contributed by atoms with Crippen molar-refractivity contribution in [3.8, 4) is 5.75 Å². The molecule has 2 amide bonds. The van der Waals surface area contributed by atoms with Crippen molar-refractivity contribution in [3.63, 3.8) is 0 Å². The lowest BCUT2D eigenvalue weighted by molar-refractivity contribution is 0.251. The molecule has 1 aliphatic carbocycles. The van der Waals surface area contributed by atoms with E-state index in [-0.39, 0.29) is 11.4 Å². The molecule has 0 saturated heterocycles. The Morgan fingerprint density at radius 2 is 1.88 bits per heavy atom. The smallest absolute Gasteiger partial charge is 0.319 e. The fourth-order valence-electron chi connectivity index (χ4n) is 3.14. The lowest BCUT2D eigenvalue weighted by Gasteiger charge is -2.18. The maximum absolute atomic E-state index is 12.3. The Morgan fingerprint density at radius 3 is 2.44 bits per heavy atom. The summed E-state index contributed by atoms with van der Waals surface area (Å²) in [6.07, 6.45) is 2.15. The van der Waals surface area contributed by atoms with E-state index in [9.17, 15) is 4.79 Å². The number of ether oxygens (including phenoxy) is 1. The Balaban J connectivity index is 1.62. The summed E-state index contributed by atoms with van der Waals surface area (Å²) in [6, 6.07) is 11.7. The van der Waals surface area contributed by atoms with Gasteiger partial charge in [-0.1, -0.05) is 29.8 Å². The zero-order valence-electron chi connectivity index (χ0n) is 14.8. The van der Waals surface area contributed by atoms with E-state index in [0.717, 1.165) is 29.7 Å². The topological polar surface area (TPSA) is 50.4 Å². The molecule has 0 spiro atoms. The monoisotopic (exact) mass is 358 g/mol. The van der Waals surface area contributed by atoms with Crippen LogP contribution < -0.4 is 15.4 Å². The molecule has 5 heteroatoms. The van der Waals surface area contributed by atoms with Crippen LogP contribution in [0.1, 0.15) is 29.5 Å². The predicted octanol–water partition coefficient (Wildman–Crippen LogP) is 4.82. The van der Waals surface area contributed by atoms with E-state index in [4.69, 9.17) is 16.3 Å². The fourth-order valence-corrected chi connectivity index (χ4v) is 3.51. The minimum atomic E-state index is -0.228. The molecule has 2 aromatic carbocycles. The summed E-state index contributed by atoms with van der Waals surface area (Å²) in [7, 11) is 1.66. The number of amides is 2. The normalized spacial score (nSPS) is 14.7. The first-order chi connectivity index (χ1) is 11.9. The average Bonchev–Trinajstić information content (AvgIpc) is 3.37. The zero-order chi connectivity index (χ0) is 18.0. The van der Waals surface area contributed by atoms with Gasteiger partial charge in [0.05, 0.1) is 17.8 Å². The van der Waals surface area contributed by atoms with Crippen molar-refractivity contribution in [2.24, 2.45) is 0 Å². The minimum Gasteiger partial charge on any atom is -0.497 e. The molecular weight excluding hydrogens is 336 g/mol. The molecule has 25 heavy (non-hydrogen) atoms. The molecule has 4 nitrogen and oxygen atoms in total. The third-order valence-electron chi connectivity index (χ3n) is 4.81. The van der Waals surface area contributed by atoms with Crippen LogP contribution in [0.15, 0.2) is 36.4 Å². The summed E-state index contributed by atoms with van der Waals surface area (Å²) in [4.78, 5) is 12.3. The Hall–Kier alpha value is -2.20. The first-order valence-corrected chi connectivity index (χ1v) is 8.77. The summed E-state index contributed by atoms with van der Waals surface area (Å²) in [5.74, 6) is 0.842. The van der Waals surface area contributed by atoms with Crippen LogP contribution in [0.4, 0.5) is 10.5 Å². The molecule has 0 radical (unpaired) electrons. The Morgan fingerprint density at radius 1 is 1.20 bits per heavy atom. The van der Waals surface area contributed by atoms with Crippen LogP contribution in [0.25, 0.3) is 0 Å². The van der Waals surface area contributed by atoms with Crippen molar-refractivity contribution in [1.82, 2.24) is 5.32 Å². The predicted molar refractivity (Wildman–Crippen MR) is 102 cm³/mol. The molecule has 1 fully saturated rings. The maximum atomic E-state index is 12.3. The van der Waals surface area contributed by atoms with Crippen molar-refractivity contribution < 1.29 is 9.53 Å². The first kappa shape index (κ1) is 17.6. The molecule has 0 atom stereocenters. The number of aryl methyl sites for hydroxylation is 2. The highest BCUT2D eigenvalue weighted by molar-refractivity contribution is 6.34. The summed E-state index contributed by atoms with van der Waals surface area (Å²) in [5.41, 5.74) is 3.97. The zero-order valence-corrected chi connectivity index (χ0v) is 15.5. The van der Waals surface area contributed by atoms with Crippen molar-refractivity contribution in [3.05, 3.63) is 58.1 Å². The van der Waals surface area contributed by atoms with Gasteiger partial charge in [-0.3, -0.25) is 0 Å². The molecule has 3 rings (SSSR count). The number of benzene rings is 2. The molecule has 0 unspecified atom stereocenters. The highest BCUT2D eigenvalue weighted by Gasteiger charge is 2.44. The third-order valence-corrected chi connectivity index (χ3v) is 5.11. The molecule has 132 valence electrons. The second kappa shape index (κ2) is 6.96. The molecule has 0 heterocycles. The van der Waals surface area contributed by atoms with Crippen LogP contribution >= 0.6 is 11.6 Å². The van der Waals surface area contributed by atoms with Crippen molar-refractivity contribution in [2.75, 3.05) is 19.0 Å². The van der Waals surface area contributed by atoms with Crippen LogP contribution in [0.2, 0.25) is 5.02 Å². The summed E-state index contributed by atoms with van der Waals surface area (Å²) in [5, 5.41) is 6.42. The summed E-state index contributed by atoms with van der Waals surface area (Å²) in [6.45, 7) is 4.52. The number of hydrogen-bond donors (Lipinski definition) is 2. The van der Waals surface area contributed by atoms with Gasteiger partial charge in [-0.2, -0.15) is 0 Å². The van der Waals surface area contributed by atoms with Gasteiger partial charge in [0.25, 0.3) is 0 Å². The molecule has 0 bridgehead atoms. The van der Waals surface area contributed by atoms with Gasteiger partial charge in [0.1, 0.15) is 5.75 Å². The van der Waals surface area contributed by atoms with E-state index in [2.05, 4.69) is 22.8 Å². The van der Waals surface area contributed by atoms with Crippen molar-refractivity contribution in [1.29, 1.82) is 0 Å². The van der Waals surface area contributed by atoms with Gasteiger partial charge in [-0.25, -0.2) is 4.79 Å². The SMILES string of the molecule is COc1ccc(C2(CNC(=O)Nc3c(C)cc(C)cc3Cl)CC2)cc1. The van der Waals surface area contributed by atoms with E-state index >= 15 is 0 Å². The van der Waals surface area contributed by atoms with Gasteiger partial charge >= 0.3 is 6.03 Å². The second-order valence-electron chi connectivity index (χ2n) is 6.76. The molecule has 2 N–H and O–H groups in total. The molecule has 0 aliphatic heterocycles. The minimum absolute atomic E-state index is 0.0374. The number of urea groups is 1. The number of hydrogen-bond acceptors (Lipinski definition) is 2. The Labute approximate surface area is 153 Å². The fraction of sp³-hybridized carbons (Fsp3) is 0.350. The van der Waals surface area contributed by atoms with Crippen LogP contribution in [0, 0.1) is 13.8 Å². The van der Waals surface area contributed by atoms with Gasteiger partial charge < -0.3 is 15.4 Å². The number of nitrogens with one attached hydrogen (secondary N) is 2. The largest absolute Gasteiger partial charge is 0.497 e. The number of halogens is 1. The quantitative estimate of drug-likeness (QED) is 0.805. The van der Waals surface area contributed by atoms with E-state index in [0.29, 0.717) is 17.3 Å². The van der Waals surface area contributed by atoms with Crippen molar-refractivity contribution >= 4 is 23.3 Å². The lowest BCUT2D eigenvalue weighted by atomic mass is 9.96. The Kier molecular flexibility index (Phi) is 4.91. The number of anilines is 1. The highest BCUT2D eigenvalue weighted by atomic mass is 35.5. The van der Waals surface area contributed by atoms with Crippen LogP contribution in [0.5, 0.6) is 5.75 Å². The number of carbonyl (C=O) groups excluding carboxylic acids is 1. The molecule has 1 saturated carbocycles. The maximum Gasteiger partial charge on any atom is 0.319 e. The lowest BCUT2D eigenvalue weighted by Crippen LogP contribution is -2.35. The molecule has 1 aliphatic rings. The standard InChI is InChI=1S/C20H23ClN2O2/c1-13-10-14(2)18(17(21)11-13)23-19(24)22-12-20(8-9-20)15-4-6-16(25-3)7-5-15/h4-7,10-11H,8-9,12H2,1-3H3,(H2,22,23,24). The van der Waals surface area contributed by atoms with Crippen molar-refractivity contribution in [2.45, 2.75) is 32.1 Å². The van der Waals surface area contributed by atoms with E-state index in [1.165, 1.54) is 5.56 Å². The highest BCUT2D eigenvalue weighted by Crippen LogP contribution is 2.47. The van der Waals surface area contributed by atoms with Gasteiger partial charge in [0.2, 0.25) is 0 Å². The average molecular weight is 359 g/mol. The summed E-state index contributed by atoms with van der Waals surface area (Å²) >= 11 is 6.25. The molecular formula is C20H23ClN2O2. The number of carbonyl (C=O) groups is 1.